The minimum atomic E-state index is -0.0758. The fourth-order valence-electron chi connectivity index (χ4n) is 3.28. The highest BCUT2D eigenvalue weighted by Gasteiger charge is 2.41. The lowest BCUT2D eigenvalue weighted by Gasteiger charge is -2.30. The van der Waals surface area contributed by atoms with Crippen molar-refractivity contribution in [3.63, 3.8) is 0 Å². The summed E-state index contributed by atoms with van der Waals surface area (Å²) in [7, 11) is 3.66. The highest BCUT2D eigenvalue weighted by atomic mass is 16.2. The van der Waals surface area contributed by atoms with Gasteiger partial charge in [0.05, 0.1) is 12.5 Å². The minimum Gasteiger partial charge on any atom is -0.345 e. The lowest BCUT2D eigenvalue weighted by atomic mass is 9.88. The van der Waals surface area contributed by atoms with Gasteiger partial charge in [0, 0.05) is 46.0 Å². The lowest BCUT2D eigenvalue weighted by Crippen LogP contribution is -2.42. The minimum absolute atomic E-state index is 0.0615. The van der Waals surface area contributed by atoms with Crippen LogP contribution in [0.1, 0.15) is 6.42 Å². The molecule has 1 aromatic rings. The molecular weight excluding hydrogens is 270 g/mol. The van der Waals surface area contributed by atoms with Crippen LogP contribution in [0.3, 0.4) is 0 Å². The van der Waals surface area contributed by atoms with E-state index in [-0.39, 0.29) is 17.7 Å². The van der Waals surface area contributed by atoms with E-state index in [1.807, 2.05) is 14.1 Å². The van der Waals surface area contributed by atoms with E-state index < -0.39 is 0 Å². The topological polar surface area (TPSA) is 70.5 Å². The van der Waals surface area contributed by atoms with E-state index >= 15 is 0 Å². The summed E-state index contributed by atoms with van der Waals surface area (Å²) in [5.41, 5.74) is 0. The molecule has 0 bridgehead atoms. The number of nitrogens with zero attached hydrogens (tertiary/aromatic N) is 4. The van der Waals surface area contributed by atoms with Gasteiger partial charge in [0.2, 0.25) is 11.8 Å². The van der Waals surface area contributed by atoms with Gasteiger partial charge in [-0.1, -0.05) is 0 Å². The fourth-order valence-corrected chi connectivity index (χ4v) is 3.28. The largest absolute Gasteiger partial charge is 0.345 e. The van der Waals surface area contributed by atoms with Gasteiger partial charge in [0.15, 0.2) is 5.82 Å². The van der Waals surface area contributed by atoms with Gasteiger partial charge >= 0.3 is 0 Å². The second-order valence-corrected chi connectivity index (χ2v) is 6.03. The summed E-state index contributed by atoms with van der Waals surface area (Å²) in [6.45, 7) is 2.66. The third-order valence-corrected chi connectivity index (χ3v) is 4.39. The van der Waals surface area contributed by atoms with Crippen LogP contribution in [0.2, 0.25) is 0 Å². The number of carbonyl (C=O) groups is 2. The van der Waals surface area contributed by atoms with Gasteiger partial charge in [-0.25, -0.2) is 0 Å². The first-order valence-electron chi connectivity index (χ1n) is 7.30. The van der Waals surface area contributed by atoms with E-state index in [0.29, 0.717) is 24.8 Å². The van der Waals surface area contributed by atoms with E-state index in [4.69, 9.17) is 0 Å². The molecule has 3 heterocycles. The van der Waals surface area contributed by atoms with Crippen LogP contribution in [0, 0.1) is 11.8 Å². The quantitative estimate of drug-likeness (QED) is 0.835. The van der Waals surface area contributed by atoms with E-state index in [1.165, 1.54) is 0 Å². The molecule has 7 nitrogen and oxygen atoms in total. The van der Waals surface area contributed by atoms with Crippen molar-refractivity contribution in [2.24, 2.45) is 18.9 Å². The van der Waals surface area contributed by atoms with Crippen molar-refractivity contribution in [3.8, 4) is 0 Å². The summed E-state index contributed by atoms with van der Waals surface area (Å²) in [6.07, 6.45) is 2.82. The molecule has 21 heavy (non-hydrogen) atoms. The average molecular weight is 291 g/mol. The Morgan fingerprint density at radius 2 is 2.24 bits per heavy atom. The normalized spacial score (nSPS) is 26.0. The Kier molecular flexibility index (Phi) is 3.67. The van der Waals surface area contributed by atoms with Crippen LogP contribution in [0.4, 0.5) is 5.82 Å². The maximum absolute atomic E-state index is 12.1. The number of hydrogen-bond donors (Lipinski definition) is 1. The molecule has 2 aliphatic heterocycles. The number of carbonyl (C=O) groups excluding carboxylic acids is 2. The monoisotopic (exact) mass is 291 g/mol. The Morgan fingerprint density at radius 3 is 2.95 bits per heavy atom. The zero-order valence-corrected chi connectivity index (χ0v) is 12.5. The number of amides is 2. The smallest absolute Gasteiger partial charge is 0.239 e. The van der Waals surface area contributed by atoms with Crippen molar-refractivity contribution in [1.82, 2.24) is 19.6 Å². The SMILES string of the molecule is CN1CC[C@@H]2CN(CC(=O)Nc3ccn(C)n3)C[C@@H]2C1=O. The maximum atomic E-state index is 12.1. The van der Waals surface area contributed by atoms with Crippen LogP contribution in [-0.2, 0) is 16.6 Å². The third kappa shape index (κ3) is 2.92. The predicted molar refractivity (Wildman–Crippen MR) is 77.5 cm³/mol. The molecule has 1 aromatic heterocycles. The van der Waals surface area contributed by atoms with Crippen molar-refractivity contribution >= 4 is 17.6 Å². The van der Waals surface area contributed by atoms with Gasteiger partial charge in [-0.05, 0) is 12.3 Å². The summed E-state index contributed by atoms with van der Waals surface area (Å²) in [4.78, 5) is 28.0. The van der Waals surface area contributed by atoms with Gasteiger partial charge in [-0.3, -0.25) is 19.2 Å². The molecule has 0 unspecified atom stereocenters. The first-order chi connectivity index (χ1) is 10.0. The molecule has 0 aliphatic carbocycles. The summed E-state index contributed by atoms with van der Waals surface area (Å²) in [5, 5.41) is 6.91. The number of hydrogen-bond acceptors (Lipinski definition) is 4. The Labute approximate surface area is 123 Å². The molecule has 2 aliphatic rings. The van der Waals surface area contributed by atoms with Crippen molar-refractivity contribution in [1.29, 1.82) is 0 Å². The van der Waals surface area contributed by atoms with Gasteiger partial charge in [0.25, 0.3) is 0 Å². The van der Waals surface area contributed by atoms with E-state index in [2.05, 4.69) is 15.3 Å². The predicted octanol–water partition coefficient (Wildman–Crippen LogP) is -0.231. The molecule has 0 spiro atoms. The van der Waals surface area contributed by atoms with Crippen molar-refractivity contribution < 1.29 is 9.59 Å². The molecule has 114 valence electrons. The Balaban J connectivity index is 1.54. The van der Waals surface area contributed by atoms with Crippen LogP contribution in [0.25, 0.3) is 0 Å². The van der Waals surface area contributed by atoms with Gasteiger partial charge in [0.1, 0.15) is 0 Å². The van der Waals surface area contributed by atoms with E-state index in [9.17, 15) is 9.59 Å². The molecule has 2 atom stereocenters. The number of nitrogens with one attached hydrogen (secondary N) is 1. The van der Waals surface area contributed by atoms with Gasteiger partial charge in [-0.15, -0.1) is 0 Å². The van der Waals surface area contributed by atoms with Crippen LogP contribution in [0.15, 0.2) is 12.3 Å². The molecule has 2 amide bonds. The van der Waals surface area contributed by atoms with Gasteiger partial charge < -0.3 is 10.2 Å². The molecule has 2 saturated heterocycles. The number of piperidine rings is 1. The molecule has 3 rings (SSSR count). The zero-order chi connectivity index (χ0) is 15.0. The Hall–Kier alpha value is -1.89. The second-order valence-electron chi connectivity index (χ2n) is 6.03. The summed E-state index contributed by atoms with van der Waals surface area (Å²) in [5.74, 6) is 1.17. The first kappa shape index (κ1) is 14.1. The molecule has 2 fully saturated rings. The number of rotatable bonds is 3. The number of aromatic nitrogens is 2. The van der Waals surface area contributed by atoms with Crippen molar-refractivity contribution in [2.45, 2.75) is 6.42 Å². The first-order valence-corrected chi connectivity index (χ1v) is 7.30. The van der Waals surface area contributed by atoms with Crippen LogP contribution >= 0.6 is 0 Å². The number of anilines is 1. The number of likely N-dealkylation sites (tertiary alicyclic amines) is 2. The molecular formula is C14H21N5O2. The summed E-state index contributed by atoms with van der Waals surface area (Å²) >= 11 is 0. The second kappa shape index (κ2) is 5.48. The molecule has 0 radical (unpaired) electrons. The van der Waals surface area contributed by atoms with E-state index in [1.54, 1.807) is 21.8 Å². The third-order valence-electron chi connectivity index (χ3n) is 4.39. The summed E-state index contributed by atoms with van der Waals surface area (Å²) < 4.78 is 1.65. The summed E-state index contributed by atoms with van der Waals surface area (Å²) in [6, 6.07) is 1.76. The van der Waals surface area contributed by atoms with Crippen LogP contribution < -0.4 is 5.32 Å². The van der Waals surface area contributed by atoms with Crippen LogP contribution in [0.5, 0.6) is 0 Å². The molecule has 7 heteroatoms. The van der Waals surface area contributed by atoms with Crippen molar-refractivity contribution in [3.05, 3.63) is 12.3 Å². The van der Waals surface area contributed by atoms with Crippen molar-refractivity contribution in [2.75, 3.05) is 38.5 Å². The standard InChI is InChI=1S/C14H21N5O2/c1-17-5-3-10-7-19(8-11(10)14(17)21)9-13(20)15-12-4-6-18(2)16-12/h4,6,10-11H,3,5,7-9H2,1-2H3,(H,15,16,20)/t10-,11+/m1/s1. The van der Waals surface area contributed by atoms with Gasteiger partial charge in [-0.2, -0.15) is 5.10 Å². The number of aryl methyl sites for hydroxylation is 1. The van der Waals surface area contributed by atoms with Crippen LogP contribution in [-0.4, -0.2) is 64.6 Å². The fraction of sp³-hybridized carbons (Fsp3) is 0.643. The Morgan fingerprint density at radius 1 is 1.43 bits per heavy atom. The Bertz CT molecular complexity index is 555. The molecule has 0 aromatic carbocycles. The maximum Gasteiger partial charge on any atom is 0.239 e. The highest BCUT2D eigenvalue weighted by Crippen LogP contribution is 2.31. The molecule has 1 N–H and O–H groups in total. The molecule has 0 saturated carbocycles. The zero-order valence-electron chi connectivity index (χ0n) is 12.5. The number of fused-ring (bicyclic) bond motifs is 1. The highest BCUT2D eigenvalue weighted by molar-refractivity contribution is 5.91. The lowest BCUT2D eigenvalue weighted by molar-refractivity contribution is -0.138. The van der Waals surface area contributed by atoms with E-state index in [0.717, 1.165) is 19.5 Å². The average Bonchev–Trinajstić information content (AvgIpc) is 3.01.